The zero-order chi connectivity index (χ0) is 13.7. The largest absolute Gasteiger partial charge is 0.458 e. The van der Waals surface area contributed by atoms with E-state index in [-0.39, 0.29) is 42.4 Å². The first kappa shape index (κ1) is 12.9. The Morgan fingerprint density at radius 3 is 2.74 bits per heavy atom. The molecule has 3 rings (SSSR count). The number of allylic oxidation sites excluding steroid dienone is 1. The number of aliphatic hydroxyl groups excluding tert-OH is 2. The first-order chi connectivity index (χ1) is 9.04. The van der Waals surface area contributed by atoms with E-state index < -0.39 is 6.10 Å². The van der Waals surface area contributed by atoms with Gasteiger partial charge in [-0.15, -0.1) is 0 Å². The van der Waals surface area contributed by atoms with E-state index in [2.05, 4.69) is 13.2 Å². The van der Waals surface area contributed by atoms with Crippen LogP contribution in [0.5, 0.6) is 0 Å². The minimum absolute atomic E-state index is 0.0126. The molecule has 1 heterocycles. The van der Waals surface area contributed by atoms with Gasteiger partial charge in [-0.25, -0.2) is 4.79 Å². The summed E-state index contributed by atoms with van der Waals surface area (Å²) in [6.07, 6.45) is 1.49. The standard InChI is InChI=1S/C15H20O4/c1-7-3-4-9-8(2)15(18)19-14(9)13-10(7)5-12(17)11(13)6-16/h9-14,16-17H,1-6H2. The predicted octanol–water partition coefficient (Wildman–Crippen LogP) is 1.04. The van der Waals surface area contributed by atoms with Gasteiger partial charge in [0.1, 0.15) is 6.10 Å². The molecule has 1 aliphatic heterocycles. The van der Waals surface area contributed by atoms with Gasteiger partial charge in [-0.05, 0) is 25.2 Å². The van der Waals surface area contributed by atoms with E-state index in [1.54, 1.807) is 0 Å². The van der Waals surface area contributed by atoms with E-state index in [1.807, 2.05) is 0 Å². The van der Waals surface area contributed by atoms with Crippen LogP contribution in [0.2, 0.25) is 0 Å². The first-order valence-electron chi connectivity index (χ1n) is 6.91. The van der Waals surface area contributed by atoms with Crippen LogP contribution < -0.4 is 0 Å². The maximum atomic E-state index is 11.7. The third kappa shape index (κ3) is 1.77. The van der Waals surface area contributed by atoms with Crippen molar-refractivity contribution in [1.29, 1.82) is 0 Å². The summed E-state index contributed by atoms with van der Waals surface area (Å²) in [5.41, 5.74) is 1.65. The fourth-order valence-corrected chi connectivity index (χ4v) is 4.14. The van der Waals surface area contributed by atoms with Crippen molar-refractivity contribution in [2.45, 2.75) is 31.5 Å². The Morgan fingerprint density at radius 1 is 1.32 bits per heavy atom. The molecule has 104 valence electrons. The topological polar surface area (TPSA) is 66.8 Å². The molecule has 4 heteroatoms. The zero-order valence-corrected chi connectivity index (χ0v) is 10.9. The van der Waals surface area contributed by atoms with Crippen molar-refractivity contribution in [3.05, 3.63) is 24.3 Å². The second-order valence-corrected chi connectivity index (χ2v) is 6.03. The lowest BCUT2D eigenvalue weighted by Gasteiger charge is -2.29. The van der Waals surface area contributed by atoms with Gasteiger partial charge in [0.2, 0.25) is 0 Å². The summed E-state index contributed by atoms with van der Waals surface area (Å²) in [7, 11) is 0. The van der Waals surface area contributed by atoms with Gasteiger partial charge in [0.15, 0.2) is 0 Å². The highest BCUT2D eigenvalue weighted by atomic mass is 16.6. The van der Waals surface area contributed by atoms with Gasteiger partial charge in [-0.3, -0.25) is 0 Å². The summed E-state index contributed by atoms with van der Waals surface area (Å²) in [6, 6.07) is 0. The van der Waals surface area contributed by atoms with Crippen molar-refractivity contribution < 1.29 is 19.7 Å². The molecule has 0 aromatic heterocycles. The lowest BCUT2D eigenvalue weighted by atomic mass is 9.79. The van der Waals surface area contributed by atoms with Crippen LogP contribution in [0.15, 0.2) is 24.3 Å². The molecule has 2 N–H and O–H groups in total. The lowest BCUT2D eigenvalue weighted by molar-refractivity contribution is -0.143. The summed E-state index contributed by atoms with van der Waals surface area (Å²) < 4.78 is 5.50. The average molecular weight is 264 g/mol. The SMILES string of the molecule is C=C1C(=O)OC2C1CCC(=C)C1CC(O)C(CO)C12. The molecule has 19 heavy (non-hydrogen) atoms. The molecule has 2 saturated carbocycles. The maximum absolute atomic E-state index is 11.7. The smallest absolute Gasteiger partial charge is 0.334 e. The van der Waals surface area contributed by atoms with Crippen LogP contribution >= 0.6 is 0 Å². The maximum Gasteiger partial charge on any atom is 0.334 e. The molecule has 6 atom stereocenters. The van der Waals surface area contributed by atoms with Gasteiger partial charge < -0.3 is 14.9 Å². The minimum Gasteiger partial charge on any atom is -0.458 e. The van der Waals surface area contributed by atoms with E-state index in [4.69, 9.17) is 4.74 Å². The van der Waals surface area contributed by atoms with E-state index in [0.29, 0.717) is 12.0 Å². The fraction of sp³-hybridized carbons (Fsp3) is 0.667. The summed E-state index contributed by atoms with van der Waals surface area (Å²) in [6.45, 7) is 7.89. The van der Waals surface area contributed by atoms with Gasteiger partial charge in [-0.1, -0.05) is 18.7 Å². The van der Waals surface area contributed by atoms with Gasteiger partial charge in [-0.2, -0.15) is 0 Å². The zero-order valence-electron chi connectivity index (χ0n) is 10.9. The third-order valence-electron chi connectivity index (χ3n) is 5.19. The second-order valence-electron chi connectivity index (χ2n) is 6.03. The monoisotopic (exact) mass is 264 g/mol. The molecule has 3 aliphatic rings. The highest BCUT2D eigenvalue weighted by Crippen LogP contribution is 2.52. The molecular weight excluding hydrogens is 244 g/mol. The number of aliphatic hydroxyl groups is 2. The molecule has 1 saturated heterocycles. The van der Waals surface area contributed by atoms with Crippen molar-refractivity contribution in [3.63, 3.8) is 0 Å². The minimum atomic E-state index is -0.539. The molecule has 0 bridgehead atoms. The normalized spacial score (nSPS) is 45.7. The van der Waals surface area contributed by atoms with Crippen LogP contribution in [-0.2, 0) is 9.53 Å². The van der Waals surface area contributed by atoms with Crippen LogP contribution in [0.25, 0.3) is 0 Å². The molecule has 0 aromatic rings. The summed E-state index contributed by atoms with van der Waals surface area (Å²) in [5, 5.41) is 19.7. The number of carbonyl (C=O) groups excluding carboxylic acids is 1. The van der Waals surface area contributed by atoms with Gasteiger partial charge in [0.05, 0.1) is 6.10 Å². The lowest BCUT2D eigenvalue weighted by Crippen LogP contribution is -2.35. The molecule has 0 aromatic carbocycles. The van der Waals surface area contributed by atoms with Crippen LogP contribution in [0, 0.1) is 23.7 Å². The number of ether oxygens (including phenoxy) is 1. The number of hydrogen-bond acceptors (Lipinski definition) is 4. The van der Waals surface area contributed by atoms with Gasteiger partial charge in [0.25, 0.3) is 0 Å². The quantitative estimate of drug-likeness (QED) is 0.422. The average Bonchev–Trinajstić information content (AvgIpc) is 2.81. The Balaban J connectivity index is 1.99. The molecule has 2 aliphatic carbocycles. The predicted molar refractivity (Wildman–Crippen MR) is 69.1 cm³/mol. The second kappa shape index (κ2) is 4.46. The highest BCUT2D eigenvalue weighted by molar-refractivity contribution is 5.90. The van der Waals surface area contributed by atoms with Gasteiger partial charge >= 0.3 is 5.97 Å². The molecule has 0 amide bonds. The van der Waals surface area contributed by atoms with E-state index in [1.165, 1.54) is 0 Å². The van der Waals surface area contributed by atoms with Crippen molar-refractivity contribution >= 4 is 5.97 Å². The molecule has 4 nitrogen and oxygen atoms in total. The number of esters is 1. The molecule has 0 spiro atoms. The number of fused-ring (bicyclic) bond motifs is 3. The Bertz CT molecular complexity index is 441. The first-order valence-corrected chi connectivity index (χ1v) is 6.91. The Kier molecular flexibility index (Phi) is 3.02. The fourth-order valence-electron chi connectivity index (χ4n) is 4.14. The van der Waals surface area contributed by atoms with Crippen LogP contribution in [0.4, 0.5) is 0 Å². The van der Waals surface area contributed by atoms with Crippen molar-refractivity contribution in [2.24, 2.45) is 23.7 Å². The number of carbonyl (C=O) groups is 1. The van der Waals surface area contributed by atoms with E-state index in [0.717, 1.165) is 18.4 Å². The molecular formula is C15H20O4. The van der Waals surface area contributed by atoms with Crippen LogP contribution in [-0.4, -0.2) is 35.0 Å². The molecule has 3 fully saturated rings. The van der Waals surface area contributed by atoms with Crippen molar-refractivity contribution in [1.82, 2.24) is 0 Å². The van der Waals surface area contributed by atoms with Gasteiger partial charge in [0, 0.05) is 29.9 Å². The van der Waals surface area contributed by atoms with Crippen LogP contribution in [0.3, 0.4) is 0 Å². The highest BCUT2D eigenvalue weighted by Gasteiger charge is 2.55. The Morgan fingerprint density at radius 2 is 2.05 bits per heavy atom. The molecule has 0 radical (unpaired) electrons. The molecule has 6 unspecified atom stereocenters. The summed E-state index contributed by atoms with van der Waals surface area (Å²) >= 11 is 0. The van der Waals surface area contributed by atoms with Crippen LogP contribution in [0.1, 0.15) is 19.3 Å². The number of rotatable bonds is 1. The van der Waals surface area contributed by atoms with E-state index in [9.17, 15) is 15.0 Å². The number of hydrogen-bond donors (Lipinski definition) is 2. The van der Waals surface area contributed by atoms with Crippen molar-refractivity contribution in [2.75, 3.05) is 6.61 Å². The Hall–Kier alpha value is -1.13. The summed E-state index contributed by atoms with van der Waals surface area (Å²) in [4.78, 5) is 11.7. The third-order valence-corrected chi connectivity index (χ3v) is 5.19. The summed E-state index contributed by atoms with van der Waals surface area (Å²) in [5.74, 6) is -0.423. The van der Waals surface area contributed by atoms with Crippen molar-refractivity contribution in [3.8, 4) is 0 Å². The Labute approximate surface area is 112 Å². The van der Waals surface area contributed by atoms with E-state index >= 15 is 0 Å².